The molecule has 0 heterocycles. The van der Waals surface area contributed by atoms with E-state index in [0.717, 1.165) is 0 Å². The zero-order valence-corrected chi connectivity index (χ0v) is 9.03. The van der Waals surface area contributed by atoms with Crippen molar-refractivity contribution < 1.29 is 15.0 Å². The van der Waals surface area contributed by atoms with E-state index in [0.29, 0.717) is 5.56 Å². The van der Waals surface area contributed by atoms with Crippen molar-refractivity contribution in [2.75, 3.05) is 0 Å². The molecule has 4 nitrogen and oxygen atoms in total. The molecule has 0 aliphatic rings. The number of carboxylic acid groups (broad SMARTS) is 1. The van der Waals surface area contributed by atoms with E-state index >= 15 is 0 Å². The van der Waals surface area contributed by atoms with Gasteiger partial charge in [-0.2, -0.15) is 0 Å². The summed E-state index contributed by atoms with van der Waals surface area (Å²) in [4.78, 5) is 12.8. The summed E-state index contributed by atoms with van der Waals surface area (Å²) in [6.07, 6.45) is 0. The second-order valence-corrected chi connectivity index (χ2v) is 3.61. The molecule has 82 valence electrons. The van der Waals surface area contributed by atoms with Gasteiger partial charge in [0.1, 0.15) is 11.8 Å². The molecule has 0 fully saturated rings. The van der Waals surface area contributed by atoms with Crippen LogP contribution in [0.2, 0.25) is 0 Å². The van der Waals surface area contributed by atoms with Crippen LogP contribution in [0.1, 0.15) is 10.9 Å². The van der Waals surface area contributed by atoms with Crippen LogP contribution in [0, 0.1) is 0 Å². The lowest BCUT2D eigenvalue weighted by molar-refractivity contribution is -0.139. The van der Waals surface area contributed by atoms with E-state index in [1.807, 2.05) is 0 Å². The summed E-state index contributed by atoms with van der Waals surface area (Å²) in [5, 5.41) is 17.0. The molecule has 1 aromatic rings. The average molecular weight is 250 g/mol. The van der Waals surface area contributed by atoms with Crippen molar-refractivity contribution in [2.24, 2.45) is 0 Å². The summed E-state index contributed by atoms with van der Waals surface area (Å²) >= 11 is 11.2. The predicted octanol–water partition coefficient (Wildman–Crippen LogP) is 1.87. The smallest absolute Gasteiger partial charge is 0.323 e. The number of hydrogen-bond donors (Lipinski definition) is 3. The highest BCUT2D eigenvalue weighted by Gasteiger charge is 2.26. The predicted molar refractivity (Wildman–Crippen MR) is 57.1 cm³/mol. The Kier molecular flexibility index (Phi) is 4.20. The van der Waals surface area contributed by atoms with Gasteiger partial charge >= 0.3 is 5.97 Å². The number of rotatable bonds is 4. The molecule has 1 rings (SSSR count). The molecule has 0 spiro atoms. The maximum Gasteiger partial charge on any atom is 0.323 e. The highest BCUT2D eigenvalue weighted by Crippen LogP contribution is 2.26. The Morgan fingerprint density at radius 1 is 1.33 bits per heavy atom. The molecule has 0 bridgehead atoms. The summed E-state index contributed by atoms with van der Waals surface area (Å²) in [5.74, 6) is -1.05. The largest absolute Gasteiger partial charge is 0.508 e. The van der Waals surface area contributed by atoms with Gasteiger partial charge in [0, 0.05) is 0 Å². The number of carboxylic acids is 1. The van der Waals surface area contributed by atoms with Crippen molar-refractivity contribution in [3.8, 4) is 5.75 Å². The summed E-state index contributed by atoms with van der Waals surface area (Å²) in [7, 11) is 0. The first kappa shape index (κ1) is 12.1. The average Bonchev–Trinajstić information content (AvgIpc) is 2.19. The molecule has 0 aromatic heterocycles. The zero-order valence-electron chi connectivity index (χ0n) is 7.52. The van der Waals surface area contributed by atoms with Crippen molar-refractivity contribution in [3.63, 3.8) is 0 Å². The first-order chi connectivity index (χ1) is 7.06. The van der Waals surface area contributed by atoms with Gasteiger partial charge in [-0.1, -0.05) is 12.1 Å². The van der Waals surface area contributed by atoms with Gasteiger partial charge in [0.05, 0.1) is 5.38 Å². The number of hydrogen-bond acceptors (Lipinski definition) is 3. The fourth-order valence-electron chi connectivity index (χ4n) is 1.08. The van der Waals surface area contributed by atoms with Gasteiger partial charge in [0.15, 0.2) is 0 Å². The van der Waals surface area contributed by atoms with Crippen molar-refractivity contribution in [1.82, 2.24) is 4.84 Å². The van der Waals surface area contributed by atoms with E-state index in [9.17, 15) is 4.79 Å². The number of aliphatic carboxylic acids is 1. The SMILES string of the molecule is O=C(O)[C@@H](NCl)C(Cl)c1ccc(O)cc1. The normalized spacial score (nSPS) is 14.5. The maximum atomic E-state index is 10.7. The topological polar surface area (TPSA) is 69.6 Å². The molecular weight excluding hydrogens is 241 g/mol. The lowest BCUT2D eigenvalue weighted by Gasteiger charge is -2.16. The van der Waals surface area contributed by atoms with Crippen LogP contribution >= 0.6 is 23.4 Å². The molecule has 15 heavy (non-hydrogen) atoms. The number of alkyl halides is 1. The fourth-order valence-corrected chi connectivity index (χ4v) is 1.68. The number of nitrogens with one attached hydrogen (secondary N) is 1. The Hall–Kier alpha value is -0.970. The van der Waals surface area contributed by atoms with E-state index in [1.165, 1.54) is 24.3 Å². The Morgan fingerprint density at radius 2 is 1.87 bits per heavy atom. The Labute approximate surface area is 96.5 Å². The second-order valence-electron chi connectivity index (χ2n) is 2.92. The summed E-state index contributed by atoms with van der Waals surface area (Å²) in [6.45, 7) is 0. The molecule has 1 aromatic carbocycles. The number of phenolic OH excluding ortho intramolecular Hbond substituents is 1. The van der Waals surface area contributed by atoms with Crippen LogP contribution < -0.4 is 4.84 Å². The lowest BCUT2D eigenvalue weighted by Crippen LogP contribution is -2.34. The van der Waals surface area contributed by atoms with Crippen molar-refractivity contribution >= 4 is 29.3 Å². The summed E-state index contributed by atoms with van der Waals surface area (Å²) in [6, 6.07) is 4.85. The summed E-state index contributed by atoms with van der Waals surface area (Å²) < 4.78 is 0. The van der Waals surface area contributed by atoms with Crippen LogP contribution in [0.3, 0.4) is 0 Å². The standard InChI is InChI=1S/C9H9Cl2NO3/c10-7(8(12-11)9(14)15)5-1-3-6(13)4-2-5/h1-4,7-8,12-13H,(H,14,15)/t7?,8-/m0/s1. The maximum absolute atomic E-state index is 10.7. The first-order valence-electron chi connectivity index (χ1n) is 4.08. The highest BCUT2D eigenvalue weighted by atomic mass is 35.5. The lowest BCUT2D eigenvalue weighted by atomic mass is 10.1. The van der Waals surface area contributed by atoms with Crippen LogP contribution in [-0.2, 0) is 4.79 Å². The van der Waals surface area contributed by atoms with E-state index in [-0.39, 0.29) is 5.75 Å². The van der Waals surface area contributed by atoms with E-state index in [1.54, 1.807) is 0 Å². The van der Waals surface area contributed by atoms with E-state index in [4.69, 9.17) is 33.6 Å². The third-order valence-electron chi connectivity index (χ3n) is 1.89. The number of phenols is 1. The third-order valence-corrected chi connectivity index (χ3v) is 2.63. The van der Waals surface area contributed by atoms with Gasteiger partial charge in [0.25, 0.3) is 0 Å². The molecular formula is C9H9Cl2NO3. The third kappa shape index (κ3) is 2.99. The van der Waals surface area contributed by atoms with Crippen LogP contribution in [0.25, 0.3) is 0 Å². The Morgan fingerprint density at radius 3 is 2.27 bits per heavy atom. The molecule has 0 saturated heterocycles. The Bertz CT molecular complexity index is 342. The van der Waals surface area contributed by atoms with Crippen molar-refractivity contribution in [1.29, 1.82) is 0 Å². The number of halogens is 2. The minimum absolute atomic E-state index is 0.0910. The molecule has 0 saturated carbocycles. The molecule has 2 atom stereocenters. The minimum atomic E-state index is -1.14. The van der Waals surface area contributed by atoms with Crippen LogP contribution in [-0.4, -0.2) is 22.2 Å². The van der Waals surface area contributed by atoms with Gasteiger partial charge in [0.2, 0.25) is 0 Å². The van der Waals surface area contributed by atoms with Crippen molar-refractivity contribution in [3.05, 3.63) is 29.8 Å². The number of benzene rings is 1. The van der Waals surface area contributed by atoms with Crippen LogP contribution in [0.5, 0.6) is 5.75 Å². The van der Waals surface area contributed by atoms with Crippen LogP contribution in [0.4, 0.5) is 0 Å². The second kappa shape index (κ2) is 5.21. The molecule has 0 amide bonds. The number of aromatic hydroxyl groups is 1. The molecule has 3 N–H and O–H groups in total. The van der Waals surface area contributed by atoms with Gasteiger partial charge in [-0.3, -0.25) is 4.79 Å². The van der Waals surface area contributed by atoms with Gasteiger partial charge in [-0.25, -0.2) is 4.84 Å². The van der Waals surface area contributed by atoms with Crippen molar-refractivity contribution in [2.45, 2.75) is 11.4 Å². The van der Waals surface area contributed by atoms with E-state index < -0.39 is 17.4 Å². The minimum Gasteiger partial charge on any atom is -0.508 e. The molecule has 0 aliphatic heterocycles. The van der Waals surface area contributed by atoms with Gasteiger partial charge < -0.3 is 10.2 Å². The highest BCUT2D eigenvalue weighted by molar-refractivity contribution is 6.24. The van der Waals surface area contributed by atoms with Gasteiger partial charge in [-0.05, 0) is 29.5 Å². The molecule has 1 unspecified atom stereocenters. The van der Waals surface area contributed by atoms with E-state index in [2.05, 4.69) is 4.84 Å². The number of carbonyl (C=O) groups is 1. The Balaban J connectivity index is 2.87. The molecule has 0 aliphatic carbocycles. The molecule has 0 radical (unpaired) electrons. The van der Waals surface area contributed by atoms with Crippen LogP contribution in [0.15, 0.2) is 24.3 Å². The zero-order chi connectivity index (χ0) is 11.4. The summed E-state index contributed by atoms with van der Waals surface area (Å²) in [5.41, 5.74) is 0.565. The first-order valence-corrected chi connectivity index (χ1v) is 4.89. The molecule has 6 heteroatoms. The monoisotopic (exact) mass is 249 g/mol. The van der Waals surface area contributed by atoms with Gasteiger partial charge in [-0.15, -0.1) is 11.6 Å². The fraction of sp³-hybridized carbons (Fsp3) is 0.222. The quantitative estimate of drug-likeness (QED) is 0.563.